The molecular weight excluding hydrogens is 353 g/mol. The summed E-state index contributed by atoms with van der Waals surface area (Å²) in [7, 11) is 0. The number of amides is 1. The van der Waals surface area contributed by atoms with E-state index in [0.29, 0.717) is 18.1 Å². The standard InChI is InChI=1S/C18H19F3N2O.ClH/c1-10(2)11-3-5-12(6-4-11)16(22)9-23-18(24)13-7-14(19)17(21)15(20)8-13;/h3-8,10,16H,9,22H2,1-2H3,(H,23,24);1H. The first-order chi connectivity index (χ1) is 11.3. The quantitative estimate of drug-likeness (QED) is 0.777. The van der Waals surface area contributed by atoms with Gasteiger partial charge in [-0.25, -0.2) is 13.2 Å². The van der Waals surface area contributed by atoms with Crippen molar-refractivity contribution in [2.45, 2.75) is 25.8 Å². The molecule has 0 aromatic heterocycles. The summed E-state index contributed by atoms with van der Waals surface area (Å²) in [6.07, 6.45) is 0. The van der Waals surface area contributed by atoms with Gasteiger partial charge in [-0.3, -0.25) is 4.79 Å². The molecule has 0 aliphatic carbocycles. The molecule has 1 unspecified atom stereocenters. The lowest BCUT2D eigenvalue weighted by Crippen LogP contribution is -2.32. The zero-order valence-electron chi connectivity index (χ0n) is 13.9. The van der Waals surface area contributed by atoms with Crippen LogP contribution in [0.5, 0.6) is 0 Å². The summed E-state index contributed by atoms with van der Waals surface area (Å²) >= 11 is 0. The van der Waals surface area contributed by atoms with E-state index in [1.807, 2.05) is 24.3 Å². The van der Waals surface area contributed by atoms with E-state index < -0.39 is 29.4 Å². The molecule has 2 aromatic rings. The molecule has 1 atom stereocenters. The van der Waals surface area contributed by atoms with E-state index in [9.17, 15) is 18.0 Å². The highest BCUT2D eigenvalue weighted by molar-refractivity contribution is 5.94. The third-order valence-electron chi connectivity index (χ3n) is 3.76. The zero-order valence-corrected chi connectivity index (χ0v) is 14.7. The number of halogens is 4. The second-order valence-corrected chi connectivity index (χ2v) is 5.89. The van der Waals surface area contributed by atoms with Gasteiger partial charge in [0, 0.05) is 18.2 Å². The van der Waals surface area contributed by atoms with Crippen LogP contribution in [0.25, 0.3) is 0 Å². The van der Waals surface area contributed by atoms with Crippen LogP contribution in [-0.4, -0.2) is 12.5 Å². The van der Waals surface area contributed by atoms with E-state index in [1.165, 1.54) is 5.56 Å². The number of benzene rings is 2. The third kappa shape index (κ3) is 5.21. The highest BCUT2D eigenvalue weighted by Crippen LogP contribution is 2.18. The van der Waals surface area contributed by atoms with Crippen molar-refractivity contribution < 1.29 is 18.0 Å². The van der Waals surface area contributed by atoms with Crippen LogP contribution in [-0.2, 0) is 0 Å². The number of nitrogens with two attached hydrogens (primary N) is 1. The van der Waals surface area contributed by atoms with Gasteiger partial charge in [-0.05, 0) is 29.2 Å². The minimum Gasteiger partial charge on any atom is -0.350 e. The molecule has 25 heavy (non-hydrogen) atoms. The molecule has 0 saturated heterocycles. The lowest BCUT2D eigenvalue weighted by atomic mass is 9.99. The van der Waals surface area contributed by atoms with E-state index >= 15 is 0 Å². The summed E-state index contributed by atoms with van der Waals surface area (Å²) in [5.74, 6) is -4.74. The van der Waals surface area contributed by atoms with Crippen LogP contribution in [0.1, 0.15) is 47.3 Å². The molecule has 0 bridgehead atoms. The number of carbonyl (C=O) groups is 1. The number of rotatable bonds is 5. The number of hydrogen-bond acceptors (Lipinski definition) is 2. The van der Waals surface area contributed by atoms with Gasteiger partial charge in [0.1, 0.15) is 0 Å². The zero-order chi connectivity index (χ0) is 17.9. The Hall–Kier alpha value is -2.05. The van der Waals surface area contributed by atoms with Gasteiger partial charge in [-0.2, -0.15) is 0 Å². The largest absolute Gasteiger partial charge is 0.350 e. The molecular formula is C18H20ClF3N2O. The van der Waals surface area contributed by atoms with E-state index in [-0.39, 0.29) is 24.5 Å². The monoisotopic (exact) mass is 372 g/mol. The van der Waals surface area contributed by atoms with Gasteiger partial charge in [0.25, 0.3) is 5.91 Å². The first-order valence-corrected chi connectivity index (χ1v) is 7.57. The minimum absolute atomic E-state index is 0. The maximum absolute atomic E-state index is 13.1. The molecule has 3 nitrogen and oxygen atoms in total. The van der Waals surface area contributed by atoms with Gasteiger partial charge >= 0.3 is 0 Å². The normalized spacial score (nSPS) is 11.8. The van der Waals surface area contributed by atoms with Gasteiger partial charge in [0.05, 0.1) is 0 Å². The maximum Gasteiger partial charge on any atom is 0.251 e. The van der Waals surface area contributed by atoms with Gasteiger partial charge in [0.2, 0.25) is 0 Å². The van der Waals surface area contributed by atoms with Gasteiger partial charge < -0.3 is 11.1 Å². The molecule has 0 radical (unpaired) electrons. The molecule has 2 aromatic carbocycles. The summed E-state index contributed by atoms with van der Waals surface area (Å²) in [6.45, 7) is 4.24. The molecule has 0 heterocycles. The van der Waals surface area contributed by atoms with Crippen LogP contribution in [0, 0.1) is 17.5 Å². The summed E-state index contributed by atoms with van der Waals surface area (Å²) in [6, 6.07) is 8.52. The summed E-state index contributed by atoms with van der Waals surface area (Å²) < 4.78 is 39.2. The van der Waals surface area contributed by atoms with Crippen molar-refractivity contribution in [3.05, 3.63) is 70.5 Å². The first kappa shape index (κ1) is 21.0. The highest BCUT2D eigenvalue weighted by Gasteiger charge is 2.16. The molecule has 0 aliphatic rings. The Balaban J connectivity index is 0.00000312. The van der Waals surface area contributed by atoms with E-state index in [1.54, 1.807) is 0 Å². The van der Waals surface area contributed by atoms with Crippen molar-refractivity contribution in [1.82, 2.24) is 5.32 Å². The number of carbonyl (C=O) groups excluding carboxylic acids is 1. The molecule has 7 heteroatoms. The van der Waals surface area contributed by atoms with Crippen LogP contribution in [0.2, 0.25) is 0 Å². The van der Waals surface area contributed by atoms with E-state index in [2.05, 4.69) is 19.2 Å². The van der Waals surface area contributed by atoms with Crippen molar-refractivity contribution in [1.29, 1.82) is 0 Å². The molecule has 3 N–H and O–H groups in total. The molecule has 136 valence electrons. The Morgan fingerprint density at radius 1 is 1.04 bits per heavy atom. The highest BCUT2D eigenvalue weighted by atomic mass is 35.5. The fourth-order valence-electron chi connectivity index (χ4n) is 2.24. The lowest BCUT2D eigenvalue weighted by Gasteiger charge is -2.15. The molecule has 2 rings (SSSR count). The maximum atomic E-state index is 13.1. The number of hydrogen-bond donors (Lipinski definition) is 2. The van der Waals surface area contributed by atoms with Crippen LogP contribution < -0.4 is 11.1 Å². The van der Waals surface area contributed by atoms with Crippen LogP contribution in [0.15, 0.2) is 36.4 Å². The molecule has 1 amide bonds. The van der Waals surface area contributed by atoms with Crippen molar-refractivity contribution in [3.63, 3.8) is 0 Å². The topological polar surface area (TPSA) is 55.1 Å². The van der Waals surface area contributed by atoms with Crippen molar-refractivity contribution in [2.75, 3.05) is 6.54 Å². The summed E-state index contributed by atoms with van der Waals surface area (Å²) in [4.78, 5) is 11.9. The van der Waals surface area contributed by atoms with E-state index in [0.717, 1.165) is 5.56 Å². The smallest absolute Gasteiger partial charge is 0.251 e. The van der Waals surface area contributed by atoms with Crippen molar-refractivity contribution in [2.24, 2.45) is 5.73 Å². The van der Waals surface area contributed by atoms with Crippen LogP contribution >= 0.6 is 12.4 Å². The van der Waals surface area contributed by atoms with Gasteiger partial charge in [0.15, 0.2) is 17.5 Å². The van der Waals surface area contributed by atoms with Gasteiger partial charge in [-0.15, -0.1) is 12.4 Å². The predicted octanol–water partition coefficient (Wildman–Crippen LogP) is 4.08. The summed E-state index contributed by atoms with van der Waals surface area (Å²) in [5, 5.41) is 2.49. The Labute approximate surface area is 150 Å². The van der Waals surface area contributed by atoms with Crippen LogP contribution in [0.3, 0.4) is 0 Å². The fourth-order valence-corrected chi connectivity index (χ4v) is 2.24. The van der Waals surface area contributed by atoms with E-state index in [4.69, 9.17) is 5.73 Å². The van der Waals surface area contributed by atoms with Gasteiger partial charge in [-0.1, -0.05) is 38.1 Å². The predicted molar refractivity (Wildman–Crippen MR) is 93.4 cm³/mol. The van der Waals surface area contributed by atoms with Crippen molar-refractivity contribution in [3.8, 4) is 0 Å². The average molecular weight is 373 g/mol. The second-order valence-electron chi connectivity index (χ2n) is 5.89. The third-order valence-corrected chi connectivity index (χ3v) is 3.76. The molecule has 0 aliphatic heterocycles. The van der Waals surface area contributed by atoms with Crippen LogP contribution in [0.4, 0.5) is 13.2 Å². The second kappa shape index (κ2) is 8.87. The Bertz CT molecular complexity index is 713. The Morgan fingerprint density at radius 3 is 2.00 bits per heavy atom. The number of nitrogens with one attached hydrogen (secondary N) is 1. The SMILES string of the molecule is CC(C)c1ccc(C(N)CNC(=O)c2cc(F)c(F)c(F)c2)cc1.Cl. The first-order valence-electron chi connectivity index (χ1n) is 7.57. The summed E-state index contributed by atoms with van der Waals surface area (Å²) in [5.41, 5.74) is 7.71. The fraction of sp³-hybridized carbons (Fsp3) is 0.278. The molecule has 0 saturated carbocycles. The lowest BCUT2D eigenvalue weighted by molar-refractivity contribution is 0.0950. The van der Waals surface area contributed by atoms with Crippen molar-refractivity contribution >= 4 is 18.3 Å². The average Bonchev–Trinajstić information content (AvgIpc) is 2.56. The molecule has 0 fully saturated rings. The minimum atomic E-state index is -1.60. The Kier molecular flexibility index (Phi) is 7.45. The molecule has 0 spiro atoms. The Morgan fingerprint density at radius 2 is 1.52 bits per heavy atom.